The molecule has 0 aliphatic carbocycles. The number of ether oxygens (including phenoxy) is 2. The zero-order chi connectivity index (χ0) is 55.0. The van der Waals surface area contributed by atoms with Crippen LogP contribution in [0, 0.1) is 0 Å². The summed E-state index contributed by atoms with van der Waals surface area (Å²) >= 11 is 0. The summed E-state index contributed by atoms with van der Waals surface area (Å²) in [4.78, 5) is 26.6. The van der Waals surface area contributed by atoms with Gasteiger partial charge in [0.05, 0.1) is 22.4 Å². The molecule has 0 radical (unpaired) electrons. The van der Waals surface area contributed by atoms with Crippen molar-refractivity contribution in [2.75, 3.05) is 26.2 Å². The summed E-state index contributed by atoms with van der Waals surface area (Å²) in [6.45, 7) is 36.2. The van der Waals surface area contributed by atoms with Crippen molar-refractivity contribution in [3.63, 3.8) is 0 Å². The molecule has 0 aromatic heterocycles. The van der Waals surface area contributed by atoms with E-state index in [9.17, 15) is 31.2 Å². The van der Waals surface area contributed by atoms with Crippen LogP contribution in [0.25, 0.3) is 5.57 Å². The smallest absolute Gasteiger partial charge is 0.444 e. The summed E-state index contributed by atoms with van der Waals surface area (Å²) in [6, 6.07) is 19.0. The van der Waals surface area contributed by atoms with Crippen molar-refractivity contribution in [3.05, 3.63) is 84.1 Å². The van der Waals surface area contributed by atoms with Gasteiger partial charge in [0.1, 0.15) is 17.0 Å². The first-order valence-electron chi connectivity index (χ1n) is 24.0. The number of amides is 2. The van der Waals surface area contributed by atoms with E-state index in [1.807, 2.05) is 128 Å². The molecule has 71 heavy (non-hydrogen) atoms. The van der Waals surface area contributed by atoms with Crippen molar-refractivity contribution in [3.8, 4) is 0 Å². The van der Waals surface area contributed by atoms with Crippen LogP contribution in [0.15, 0.2) is 78.6 Å². The van der Waals surface area contributed by atoms with E-state index in [1.54, 1.807) is 49.9 Å². The summed E-state index contributed by atoms with van der Waals surface area (Å²) in [5, 5.41) is 17.2. The zero-order valence-electron chi connectivity index (χ0n) is 45.2. The van der Waals surface area contributed by atoms with Crippen LogP contribution in [-0.2, 0) is 42.4 Å². The normalized spacial score (nSPS) is 18.8. The molecule has 6 rings (SSSR count). The Morgan fingerprint density at radius 3 is 1.25 bits per heavy atom. The second-order valence-electron chi connectivity index (χ2n) is 20.1. The number of hydrogen-bond donors (Lipinski definition) is 2. The molecule has 2 amide bonds. The highest BCUT2D eigenvalue weighted by molar-refractivity contribution is 7.87. The number of carbonyl (C=O) groups excluding carboxylic acids is 2. The van der Waals surface area contributed by atoms with Crippen LogP contribution in [0.5, 0.6) is 0 Å². The fourth-order valence-corrected chi connectivity index (χ4v) is 6.63. The molecule has 0 unspecified atom stereocenters. The molecule has 0 spiro atoms. The lowest BCUT2D eigenvalue weighted by molar-refractivity contribution is -0.0525. The van der Waals surface area contributed by atoms with Crippen LogP contribution in [-0.4, -0.2) is 127 Å². The van der Waals surface area contributed by atoms with E-state index >= 15 is 0 Å². The first kappa shape index (κ1) is 65.0. The molecule has 4 aliphatic rings. The van der Waals surface area contributed by atoms with Crippen LogP contribution in [0.2, 0.25) is 0 Å². The first-order chi connectivity index (χ1) is 32.5. The summed E-state index contributed by atoms with van der Waals surface area (Å²) < 4.78 is 96.4. The molecule has 15 nitrogen and oxygen atoms in total. The van der Waals surface area contributed by atoms with Gasteiger partial charge in [0.2, 0.25) is 0 Å². The maximum absolute atomic E-state index is 12.2. The minimum atomic E-state index is -5.67. The SMILES string of the molecule is CC.CC.CC(C)(C)OC(=O)N1CC=C(OS(=O)(=O)C(F)(F)F)CC1.CC(C)(C)OC(=O)N1CC=C(c2ccccc2)CC1.CC1(C)OB(B2OC(C)(C)C(C)(C)O2)OC1(C)C.OB(O)c1ccccc1. The lowest BCUT2D eigenvalue weighted by Gasteiger charge is -2.32. The van der Waals surface area contributed by atoms with Gasteiger partial charge < -0.3 is 52.1 Å². The van der Waals surface area contributed by atoms with E-state index in [-0.39, 0.29) is 53.8 Å². The average Bonchev–Trinajstić information content (AvgIpc) is 3.64. The summed E-state index contributed by atoms with van der Waals surface area (Å²) in [5.41, 5.74) is -4.97. The van der Waals surface area contributed by atoms with Gasteiger partial charge in [-0.1, -0.05) is 94.4 Å². The second-order valence-corrected chi connectivity index (χ2v) is 21.7. The van der Waals surface area contributed by atoms with Gasteiger partial charge in [0.15, 0.2) is 0 Å². The predicted molar refractivity (Wildman–Crippen MR) is 275 cm³/mol. The lowest BCUT2D eigenvalue weighted by Crippen LogP contribution is -2.41. The molecule has 0 saturated carbocycles. The minimum absolute atomic E-state index is 0.00806. The van der Waals surface area contributed by atoms with Crippen LogP contribution in [0.1, 0.15) is 143 Å². The van der Waals surface area contributed by atoms with E-state index in [2.05, 4.69) is 22.4 Å². The van der Waals surface area contributed by atoms with Gasteiger partial charge in [0, 0.05) is 32.6 Å². The third-order valence-electron chi connectivity index (χ3n) is 11.2. The molecule has 2 aromatic carbocycles. The lowest BCUT2D eigenvalue weighted by atomic mass is 9.49. The molecular formula is C49H80B3F3N2O13S. The molecule has 0 atom stereocenters. The van der Waals surface area contributed by atoms with Crippen molar-refractivity contribution in [2.45, 2.75) is 177 Å². The van der Waals surface area contributed by atoms with E-state index in [4.69, 9.17) is 38.1 Å². The quantitative estimate of drug-likeness (QED) is 0.164. The second kappa shape index (κ2) is 26.8. The molecule has 4 aliphatic heterocycles. The van der Waals surface area contributed by atoms with Crippen molar-refractivity contribution in [1.29, 1.82) is 0 Å². The number of halogens is 3. The Kier molecular flexibility index (Phi) is 24.5. The zero-order valence-corrected chi connectivity index (χ0v) is 46.0. The Hall–Kier alpha value is -4.05. The highest BCUT2D eigenvalue weighted by atomic mass is 32.2. The standard InChI is InChI=1S/C16H21NO2.C12H24B2O4.C11H16F3NO5S.C6H7BO2.2C2H6/c1-16(2,3)19-15(18)17-11-9-14(10-12-17)13-7-5-4-6-8-13;1-9(2)10(3,4)16-13(15-9)14-17-11(5,6)12(7,8)18-14;1-10(2,3)19-9(16)15-6-4-8(5-7-15)20-21(17,18)11(12,13)14;8-7(9)6-4-2-1-3-5-6;2*1-2/h4-9H,10-12H2,1-3H3;1-8H3;4H,5-7H2,1-3H3;1-5,8-9H;2*1-2H3. The Morgan fingerprint density at radius 2 is 0.972 bits per heavy atom. The number of alkyl halides is 3. The fraction of sp³-hybridized carbons (Fsp3) is 0.633. The molecule has 400 valence electrons. The Labute approximate surface area is 423 Å². The van der Waals surface area contributed by atoms with Gasteiger partial charge in [-0.2, -0.15) is 21.6 Å². The topological polar surface area (TPSA) is 180 Å². The summed E-state index contributed by atoms with van der Waals surface area (Å²) in [7, 11) is -7.96. The molecule has 0 bridgehead atoms. The van der Waals surface area contributed by atoms with Gasteiger partial charge in [0.25, 0.3) is 0 Å². The number of rotatable bonds is 5. The van der Waals surface area contributed by atoms with E-state index in [1.165, 1.54) is 16.0 Å². The van der Waals surface area contributed by atoms with Gasteiger partial charge in [-0.15, -0.1) is 0 Å². The van der Waals surface area contributed by atoms with Crippen LogP contribution in [0.3, 0.4) is 0 Å². The first-order valence-corrected chi connectivity index (χ1v) is 25.4. The van der Waals surface area contributed by atoms with Crippen LogP contribution >= 0.6 is 0 Å². The highest BCUT2D eigenvalue weighted by Crippen LogP contribution is 2.43. The van der Waals surface area contributed by atoms with Crippen molar-refractivity contribution in [2.24, 2.45) is 0 Å². The van der Waals surface area contributed by atoms with Crippen molar-refractivity contribution in [1.82, 2.24) is 9.80 Å². The number of nitrogens with zero attached hydrogens (tertiary/aromatic N) is 2. The summed E-state index contributed by atoms with van der Waals surface area (Å²) in [5.74, 6) is -0.341. The molecular weight excluding hydrogens is 946 g/mol. The summed E-state index contributed by atoms with van der Waals surface area (Å²) in [6.07, 6.45) is 3.10. The third-order valence-corrected chi connectivity index (χ3v) is 12.2. The highest BCUT2D eigenvalue weighted by Gasteiger charge is 2.63. The number of carbonyl (C=O) groups is 2. The predicted octanol–water partition coefficient (Wildman–Crippen LogP) is 9.76. The van der Waals surface area contributed by atoms with Gasteiger partial charge in [-0.25, -0.2) is 9.59 Å². The average molecular weight is 1030 g/mol. The molecule has 4 heterocycles. The number of benzene rings is 2. The van der Waals surface area contributed by atoms with E-state index in [0.717, 1.165) is 19.0 Å². The Morgan fingerprint density at radius 1 is 0.620 bits per heavy atom. The molecule has 2 aromatic rings. The van der Waals surface area contributed by atoms with Crippen molar-refractivity contribution < 1.29 is 73.5 Å². The molecule has 22 heteroatoms. The monoisotopic (exact) mass is 1030 g/mol. The van der Waals surface area contributed by atoms with Gasteiger partial charge in [-0.3, -0.25) is 0 Å². The molecule has 2 saturated heterocycles. The molecule has 2 N–H and O–H groups in total. The van der Waals surface area contributed by atoms with E-state index < -0.39 is 54.1 Å². The fourth-order valence-electron chi connectivity index (χ4n) is 6.11. The van der Waals surface area contributed by atoms with E-state index in [0.29, 0.717) is 12.0 Å². The van der Waals surface area contributed by atoms with Gasteiger partial charge in [-0.05, 0) is 126 Å². The maximum Gasteiger partial charge on any atom is 0.534 e. The Balaban J connectivity index is 0.000000475. The molecule has 2 fully saturated rings. The van der Waals surface area contributed by atoms with Crippen LogP contribution < -0.4 is 5.46 Å². The van der Waals surface area contributed by atoms with Crippen molar-refractivity contribution >= 4 is 54.5 Å². The maximum atomic E-state index is 12.2. The number of hydrogen-bond acceptors (Lipinski definition) is 13. The largest absolute Gasteiger partial charge is 0.534 e. The van der Waals surface area contributed by atoms with Gasteiger partial charge >= 0.3 is 48.9 Å². The third kappa shape index (κ3) is 20.8. The van der Waals surface area contributed by atoms with Crippen LogP contribution in [0.4, 0.5) is 22.8 Å². The Bertz CT molecular complexity index is 2060. The minimum Gasteiger partial charge on any atom is -0.444 e.